The zero-order valence-electron chi connectivity index (χ0n) is 20.5. The van der Waals surface area contributed by atoms with Crippen molar-refractivity contribution in [3.05, 3.63) is 88.5 Å². The molecule has 0 unspecified atom stereocenters. The molecule has 1 heterocycles. The third kappa shape index (κ3) is 5.60. The number of benzene rings is 3. The molecule has 0 radical (unpaired) electrons. The Hall–Kier alpha value is -3.93. The van der Waals surface area contributed by atoms with Crippen molar-refractivity contribution in [3.8, 4) is 11.5 Å². The third-order valence-corrected chi connectivity index (χ3v) is 6.50. The van der Waals surface area contributed by atoms with Gasteiger partial charge in [-0.1, -0.05) is 18.2 Å². The van der Waals surface area contributed by atoms with Gasteiger partial charge in [0.25, 0.3) is 0 Å². The first-order valence-electron chi connectivity index (χ1n) is 11.6. The third-order valence-electron chi connectivity index (χ3n) is 6.50. The maximum Gasteiger partial charge on any atom is 0.311 e. The first-order valence-corrected chi connectivity index (χ1v) is 11.6. The lowest BCUT2D eigenvalue weighted by Crippen LogP contribution is -2.27. The second-order valence-corrected chi connectivity index (χ2v) is 9.08. The second kappa shape index (κ2) is 10.1. The van der Waals surface area contributed by atoms with E-state index >= 15 is 0 Å². The molecule has 1 aliphatic rings. The first kappa shape index (κ1) is 24.2. The fraction of sp³-hybridized carbons (Fsp3) is 0.276. The maximum absolute atomic E-state index is 12.6. The van der Waals surface area contributed by atoms with E-state index in [1.165, 1.54) is 5.56 Å². The molecule has 4 rings (SSSR count). The summed E-state index contributed by atoms with van der Waals surface area (Å²) in [5, 5.41) is 0. The summed E-state index contributed by atoms with van der Waals surface area (Å²) in [6.45, 7) is 7.86. The number of ether oxygens (including phenoxy) is 2. The van der Waals surface area contributed by atoms with E-state index in [1.807, 2.05) is 52.0 Å². The van der Waals surface area contributed by atoms with E-state index in [0.29, 0.717) is 17.0 Å². The van der Waals surface area contributed by atoms with Gasteiger partial charge < -0.3 is 14.4 Å². The number of ketones is 1. The van der Waals surface area contributed by atoms with Gasteiger partial charge in [0.05, 0.1) is 5.92 Å². The Morgan fingerprint density at radius 3 is 2.11 bits per heavy atom. The lowest BCUT2D eigenvalue weighted by molar-refractivity contribution is -0.147. The molecule has 180 valence electrons. The Labute approximate surface area is 205 Å². The minimum absolute atomic E-state index is 0.0531. The Bertz CT molecular complexity index is 1280. The topological polar surface area (TPSA) is 72.9 Å². The summed E-state index contributed by atoms with van der Waals surface area (Å²) >= 11 is 0. The van der Waals surface area contributed by atoms with Crippen LogP contribution in [0.5, 0.6) is 11.5 Å². The van der Waals surface area contributed by atoms with Crippen LogP contribution in [0.3, 0.4) is 0 Å². The molecule has 35 heavy (non-hydrogen) atoms. The predicted molar refractivity (Wildman–Crippen MR) is 134 cm³/mol. The number of carbonyl (C=O) groups excluding carboxylic acids is 3. The molecular formula is C29H29NO5. The molecule has 6 heteroatoms. The summed E-state index contributed by atoms with van der Waals surface area (Å²) in [6.07, 6.45) is 0.0531. The lowest BCUT2D eigenvalue weighted by Gasteiger charge is -2.17. The van der Waals surface area contributed by atoms with Gasteiger partial charge in [0, 0.05) is 24.2 Å². The first-order chi connectivity index (χ1) is 16.7. The minimum atomic E-state index is -0.610. The van der Waals surface area contributed by atoms with Gasteiger partial charge in [-0.2, -0.15) is 0 Å². The van der Waals surface area contributed by atoms with Crippen molar-refractivity contribution in [3.63, 3.8) is 0 Å². The summed E-state index contributed by atoms with van der Waals surface area (Å²) in [5.41, 5.74) is 5.63. The van der Waals surface area contributed by atoms with Crippen molar-refractivity contribution < 1.29 is 23.9 Å². The van der Waals surface area contributed by atoms with Gasteiger partial charge in [-0.05, 0) is 92.4 Å². The van der Waals surface area contributed by atoms with Crippen molar-refractivity contribution in [2.75, 3.05) is 18.1 Å². The Morgan fingerprint density at radius 1 is 0.829 bits per heavy atom. The fourth-order valence-electron chi connectivity index (χ4n) is 3.98. The van der Waals surface area contributed by atoms with Crippen LogP contribution in [0.25, 0.3) is 0 Å². The van der Waals surface area contributed by atoms with Crippen LogP contribution in [0.2, 0.25) is 0 Å². The number of carbonyl (C=O) groups is 3. The quantitative estimate of drug-likeness (QED) is 0.336. The van der Waals surface area contributed by atoms with Gasteiger partial charge in [-0.3, -0.25) is 14.4 Å². The second-order valence-electron chi connectivity index (χ2n) is 9.08. The maximum atomic E-state index is 12.6. The number of hydrogen-bond donors (Lipinski definition) is 0. The van der Waals surface area contributed by atoms with Crippen molar-refractivity contribution in [2.24, 2.45) is 5.92 Å². The van der Waals surface area contributed by atoms with Gasteiger partial charge in [-0.15, -0.1) is 0 Å². The van der Waals surface area contributed by atoms with Crippen LogP contribution in [0.15, 0.2) is 60.7 Å². The average Bonchev–Trinajstić information content (AvgIpc) is 3.23. The molecule has 3 aromatic carbocycles. The molecule has 1 amide bonds. The largest absolute Gasteiger partial charge is 0.457 e. The molecule has 3 aromatic rings. The van der Waals surface area contributed by atoms with Gasteiger partial charge in [0.1, 0.15) is 11.5 Å². The molecule has 0 saturated carbocycles. The smallest absolute Gasteiger partial charge is 0.311 e. The summed E-state index contributed by atoms with van der Waals surface area (Å²) in [7, 11) is 0. The lowest BCUT2D eigenvalue weighted by atomic mass is 10.0. The summed E-state index contributed by atoms with van der Waals surface area (Å²) in [5.74, 6) is -0.160. The van der Waals surface area contributed by atoms with E-state index < -0.39 is 11.9 Å². The van der Waals surface area contributed by atoms with E-state index in [9.17, 15) is 14.4 Å². The molecule has 0 bridgehead atoms. The summed E-state index contributed by atoms with van der Waals surface area (Å²) in [6, 6.07) is 18.5. The monoisotopic (exact) mass is 471 g/mol. The van der Waals surface area contributed by atoms with Crippen LogP contribution in [0.1, 0.15) is 39.0 Å². The van der Waals surface area contributed by atoms with E-state index in [-0.39, 0.29) is 31.3 Å². The molecule has 0 spiro atoms. The highest BCUT2D eigenvalue weighted by atomic mass is 16.5. The van der Waals surface area contributed by atoms with Crippen LogP contribution in [0.4, 0.5) is 5.69 Å². The molecule has 0 N–H and O–H groups in total. The zero-order valence-corrected chi connectivity index (χ0v) is 20.5. The van der Waals surface area contributed by atoms with Crippen LogP contribution >= 0.6 is 0 Å². The molecule has 0 aliphatic carbocycles. The van der Waals surface area contributed by atoms with Gasteiger partial charge in [0.15, 0.2) is 12.4 Å². The van der Waals surface area contributed by atoms with Crippen molar-refractivity contribution in [1.82, 2.24) is 0 Å². The number of nitrogens with zero attached hydrogens (tertiary/aromatic N) is 1. The molecule has 1 saturated heterocycles. The zero-order chi connectivity index (χ0) is 25.1. The van der Waals surface area contributed by atoms with Gasteiger partial charge in [-0.25, -0.2) is 0 Å². The van der Waals surface area contributed by atoms with E-state index in [0.717, 1.165) is 22.4 Å². The number of hydrogen-bond acceptors (Lipinski definition) is 5. The number of amides is 1. The molecule has 0 aromatic heterocycles. The van der Waals surface area contributed by atoms with Crippen LogP contribution in [-0.4, -0.2) is 30.8 Å². The highest BCUT2D eigenvalue weighted by molar-refractivity contribution is 6.01. The molecule has 1 fully saturated rings. The van der Waals surface area contributed by atoms with Gasteiger partial charge >= 0.3 is 5.97 Å². The average molecular weight is 472 g/mol. The molecule has 1 atom stereocenters. The van der Waals surface area contributed by atoms with Crippen LogP contribution in [0, 0.1) is 33.6 Å². The minimum Gasteiger partial charge on any atom is -0.457 e. The number of anilines is 1. The summed E-state index contributed by atoms with van der Waals surface area (Å²) in [4.78, 5) is 39.1. The van der Waals surface area contributed by atoms with E-state index in [1.54, 1.807) is 41.3 Å². The molecule has 1 aliphatic heterocycles. The molecule has 6 nitrogen and oxygen atoms in total. The molecular weight excluding hydrogens is 442 g/mol. The SMILES string of the molecule is Cc1ccc(Oc2ccc(N3C[C@@H](C(=O)OCC(=O)c4ccc(C)c(C)c4)CC3=O)cc2)cc1C. The van der Waals surface area contributed by atoms with Crippen molar-refractivity contribution >= 4 is 23.3 Å². The summed E-state index contributed by atoms with van der Waals surface area (Å²) < 4.78 is 11.2. The predicted octanol–water partition coefficient (Wildman–Crippen LogP) is 5.49. The number of aryl methyl sites for hydroxylation is 4. The van der Waals surface area contributed by atoms with Crippen molar-refractivity contribution in [1.29, 1.82) is 0 Å². The van der Waals surface area contributed by atoms with E-state index in [2.05, 4.69) is 0 Å². The fourth-order valence-corrected chi connectivity index (χ4v) is 3.98. The highest BCUT2D eigenvalue weighted by Crippen LogP contribution is 2.29. The van der Waals surface area contributed by atoms with E-state index in [4.69, 9.17) is 9.47 Å². The van der Waals surface area contributed by atoms with Crippen LogP contribution in [-0.2, 0) is 14.3 Å². The number of rotatable bonds is 7. The van der Waals surface area contributed by atoms with Crippen molar-refractivity contribution in [2.45, 2.75) is 34.1 Å². The number of Topliss-reactive ketones (excluding diaryl/α,β-unsaturated/α-hetero) is 1. The number of esters is 1. The normalized spacial score (nSPS) is 15.3. The van der Waals surface area contributed by atoms with Gasteiger partial charge in [0.2, 0.25) is 5.91 Å². The Kier molecular flexibility index (Phi) is 7.01. The van der Waals surface area contributed by atoms with Crippen LogP contribution < -0.4 is 9.64 Å². The Balaban J connectivity index is 1.33. The highest BCUT2D eigenvalue weighted by Gasteiger charge is 2.36. The standard InChI is InChI=1S/C29H29NO5/c1-18-5-7-22(13-20(18)3)27(31)17-34-29(33)23-15-28(32)30(16-23)24-8-11-25(12-9-24)35-26-10-6-19(2)21(4)14-26/h5-14,23H,15-17H2,1-4H3/t23-/m0/s1. The Morgan fingerprint density at radius 2 is 1.46 bits per heavy atom.